The molecular formula is C17H18N4O. The van der Waals surface area contributed by atoms with Crippen LogP contribution in [0.25, 0.3) is 11.0 Å². The van der Waals surface area contributed by atoms with Crippen molar-refractivity contribution in [1.82, 2.24) is 15.0 Å². The summed E-state index contributed by atoms with van der Waals surface area (Å²) >= 11 is 0. The Morgan fingerprint density at radius 1 is 1.18 bits per heavy atom. The predicted octanol–water partition coefficient (Wildman–Crippen LogP) is 3.27. The fourth-order valence-corrected chi connectivity index (χ4v) is 2.49. The van der Waals surface area contributed by atoms with Crippen molar-refractivity contribution in [2.45, 2.75) is 26.8 Å². The van der Waals surface area contributed by atoms with E-state index in [2.05, 4.69) is 22.6 Å². The summed E-state index contributed by atoms with van der Waals surface area (Å²) in [5.41, 5.74) is 4.23. The second-order valence-corrected chi connectivity index (χ2v) is 5.07. The molecule has 5 nitrogen and oxygen atoms in total. The molecule has 0 saturated carbocycles. The number of benzene rings is 2. The Morgan fingerprint density at radius 3 is 2.77 bits per heavy atom. The Balaban J connectivity index is 1.89. The zero-order valence-electron chi connectivity index (χ0n) is 12.7. The van der Waals surface area contributed by atoms with Gasteiger partial charge in [-0.2, -0.15) is 0 Å². The Bertz CT molecular complexity index is 822. The molecule has 0 spiro atoms. The van der Waals surface area contributed by atoms with Crippen molar-refractivity contribution in [2.24, 2.45) is 0 Å². The molecule has 1 N–H and O–H groups in total. The summed E-state index contributed by atoms with van der Waals surface area (Å²) in [7, 11) is 0. The minimum absolute atomic E-state index is 0.131. The number of anilines is 1. The number of amides is 1. The first-order valence-corrected chi connectivity index (χ1v) is 7.45. The smallest absolute Gasteiger partial charge is 0.255 e. The lowest BCUT2D eigenvalue weighted by molar-refractivity contribution is 0.102. The van der Waals surface area contributed by atoms with E-state index < -0.39 is 0 Å². The Kier molecular flexibility index (Phi) is 3.87. The molecule has 1 amide bonds. The maximum absolute atomic E-state index is 12.4. The molecule has 3 aromatic rings. The molecule has 0 unspecified atom stereocenters. The van der Waals surface area contributed by atoms with Gasteiger partial charge in [-0.3, -0.25) is 4.79 Å². The molecule has 0 atom stereocenters. The molecule has 5 heteroatoms. The minimum Gasteiger partial charge on any atom is -0.322 e. The third-order valence-corrected chi connectivity index (χ3v) is 3.72. The fourth-order valence-electron chi connectivity index (χ4n) is 2.49. The average Bonchev–Trinajstić information content (AvgIpc) is 2.97. The first-order chi connectivity index (χ1) is 10.7. The van der Waals surface area contributed by atoms with Crippen LogP contribution in [-0.4, -0.2) is 20.9 Å². The van der Waals surface area contributed by atoms with E-state index in [1.165, 1.54) is 0 Å². The normalized spacial score (nSPS) is 10.8. The number of carbonyl (C=O) groups excluding carboxylic acids is 1. The highest BCUT2D eigenvalue weighted by Crippen LogP contribution is 2.18. The topological polar surface area (TPSA) is 59.8 Å². The zero-order chi connectivity index (χ0) is 15.5. The van der Waals surface area contributed by atoms with Crippen molar-refractivity contribution in [3.05, 3.63) is 53.6 Å². The molecule has 0 aliphatic carbocycles. The van der Waals surface area contributed by atoms with Gasteiger partial charge in [-0.1, -0.05) is 30.3 Å². The quantitative estimate of drug-likeness (QED) is 0.803. The Morgan fingerprint density at radius 2 is 2.00 bits per heavy atom. The molecule has 2 aromatic carbocycles. The number of rotatable bonds is 4. The molecule has 0 fully saturated rings. The van der Waals surface area contributed by atoms with Gasteiger partial charge in [-0.15, -0.1) is 5.10 Å². The van der Waals surface area contributed by atoms with Gasteiger partial charge in [0.05, 0.1) is 5.52 Å². The predicted molar refractivity (Wildman–Crippen MR) is 87.0 cm³/mol. The molecule has 0 bridgehead atoms. The van der Waals surface area contributed by atoms with Crippen LogP contribution in [0.15, 0.2) is 42.5 Å². The summed E-state index contributed by atoms with van der Waals surface area (Å²) in [5.74, 6) is -0.131. The van der Waals surface area contributed by atoms with Crippen LogP contribution >= 0.6 is 0 Å². The molecular weight excluding hydrogens is 276 g/mol. The Hall–Kier alpha value is -2.69. The molecule has 22 heavy (non-hydrogen) atoms. The molecule has 0 aliphatic heterocycles. The largest absolute Gasteiger partial charge is 0.322 e. The van der Waals surface area contributed by atoms with Crippen molar-refractivity contribution in [2.75, 3.05) is 5.32 Å². The van der Waals surface area contributed by atoms with Gasteiger partial charge >= 0.3 is 0 Å². The maximum Gasteiger partial charge on any atom is 0.255 e. The van der Waals surface area contributed by atoms with Crippen LogP contribution in [0, 0.1) is 0 Å². The highest BCUT2D eigenvalue weighted by molar-refractivity contribution is 6.06. The number of aromatic nitrogens is 3. The number of fused-ring (bicyclic) bond motifs is 1. The number of nitrogens with zero attached hydrogens (tertiary/aromatic N) is 3. The molecule has 112 valence electrons. The standard InChI is InChI=1S/C17H18N4O/c1-3-12-7-5-6-8-14(12)18-17(22)13-9-10-16-15(11-13)19-20-21(16)4-2/h5-11H,3-4H2,1-2H3,(H,18,22). The van der Waals surface area contributed by atoms with E-state index in [0.717, 1.165) is 35.2 Å². The molecule has 0 saturated heterocycles. The van der Waals surface area contributed by atoms with E-state index in [4.69, 9.17) is 0 Å². The Labute approximate surface area is 129 Å². The zero-order valence-corrected chi connectivity index (χ0v) is 12.7. The lowest BCUT2D eigenvalue weighted by Gasteiger charge is -2.09. The SMILES string of the molecule is CCc1ccccc1NC(=O)c1ccc2c(c1)nnn2CC. The van der Waals surface area contributed by atoms with Crippen LogP contribution in [0.2, 0.25) is 0 Å². The van der Waals surface area contributed by atoms with E-state index >= 15 is 0 Å². The number of carbonyl (C=O) groups is 1. The first-order valence-electron chi connectivity index (χ1n) is 7.45. The second-order valence-electron chi connectivity index (χ2n) is 5.07. The highest BCUT2D eigenvalue weighted by Gasteiger charge is 2.11. The second kappa shape index (κ2) is 5.97. The van der Waals surface area contributed by atoms with Gasteiger partial charge in [0.2, 0.25) is 0 Å². The van der Waals surface area contributed by atoms with Gasteiger partial charge in [0.1, 0.15) is 5.52 Å². The molecule has 0 aliphatic rings. The van der Waals surface area contributed by atoms with Gasteiger partial charge in [-0.05, 0) is 43.2 Å². The van der Waals surface area contributed by atoms with Crippen LogP contribution < -0.4 is 5.32 Å². The molecule has 1 heterocycles. The summed E-state index contributed by atoms with van der Waals surface area (Å²) in [6.07, 6.45) is 0.875. The molecule has 0 radical (unpaired) electrons. The first kappa shape index (κ1) is 14.3. The van der Waals surface area contributed by atoms with Crippen LogP contribution in [0.4, 0.5) is 5.69 Å². The monoisotopic (exact) mass is 294 g/mol. The number of para-hydroxylation sites is 1. The van der Waals surface area contributed by atoms with E-state index in [0.29, 0.717) is 5.56 Å². The van der Waals surface area contributed by atoms with Crippen molar-refractivity contribution >= 4 is 22.6 Å². The lowest BCUT2D eigenvalue weighted by Crippen LogP contribution is -2.13. The van der Waals surface area contributed by atoms with Gasteiger partial charge in [0, 0.05) is 17.8 Å². The van der Waals surface area contributed by atoms with Gasteiger partial charge in [0.25, 0.3) is 5.91 Å². The van der Waals surface area contributed by atoms with Crippen LogP contribution in [-0.2, 0) is 13.0 Å². The van der Waals surface area contributed by atoms with Crippen molar-refractivity contribution in [3.63, 3.8) is 0 Å². The third kappa shape index (κ3) is 2.57. The number of hydrogen-bond donors (Lipinski definition) is 1. The summed E-state index contributed by atoms with van der Waals surface area (Å²) in [5, 5.41) is 11.1. The van der Waals surface area contributed by atoms with Crippen molar-refractivity contribution in [1.29, 1.82) is 0 Å². The summed E-state index contributed by atoms with van der Waals surface area (Å²) in [4.78, 5) is 12.4. The van der Waals surface area contributed by atoms with Crippen LogP contribution in [0.3, 0.4) is 0 Å². The number of nitrogens with one attached hydrogen (secondary N) is 1. The number of hydrogen-bond acceptors (Lipinski definition) is 3. The highest BCUT2D eigenvalue weighted by atomic mass is 16.1. The van der Waals surface area contributed by atoms with E-state index in [1.54, 1.807) is 6.07 Å². The minimum atomic E-state index is -0.131. The fraction of sp³-hybridized carbons (Fsp3) is 0.235. The van der Waals surface area contributed by atoms with E-state index in [1.807, 2.05) is 48.0 Å². The maximum atomic E-state index is 12.4. The molecule has 3 rings (SSSR count). The van der Waals surface area contributed by atoms with Crippen LogP contribution in [0.5, 0.6) is 0 Å². The van der Waals surface area contributed by atoms with E-state index in [-0.39, 0.29) is 5.91 Å². The summed E-state index contributed by atoms with van der Waals surface area (Å²) in [6.45, 7) is 4.84. The lowest BCUT2D eigenvalue weighted by atomic mass is 10.1. The van der Waals surface area contributed by atoms with Gasteiger partial charge < -0.3 is 5.32 Å². The average molecular weight is 294 g/mol. The van der Waals surface area contributed by atoms with Gasteiger partial charge in [-0.25, -0.2) is 4.68 Å². The summed E-state index contributed by atoms with van der Waals surface area (Å²) in [6, 6.07) is 13.3. The van der Waals surface area contributed by atoms with Crippen LogP contribution in [0.1, 0.15) is 29.8 Å². The third-order valence-electron chi connectivity index (χ3n) is 3.72. The number of aryl methyl sites for hydroxylation is 2. The van der Waals surface area contributed by atoms with Gasteiger partial charge in [0.15, 0.2) is 0 Å². The van der Waals surface area contributed by atoms with E-state index in [9.17, 15) is 4.79 Å². The summed E-state index contributed by atoms with van der Waals surface area (Å²) < 4.78 is 1.81. The van der Waals surface area contributed by atoms with Crippen molar-refractivity contribution in [3.8, 4) is 0 Å². The van der Waals surface area contributed by atoms with Crippen molar-refractivity contribution < 1.29 is 4.79 Å². The molecule has 1 aromatic heterocycles.